The van der Waals surface area contributed by atoms with Gasteiger partial charge in [0.15, 0.2) is 11.6 Å². The quantitative estimate of drug-likeness (QED) is 0.294. The zero-order valence-electron chi connectivity index (χ0n) is 19.2. The van der Waals surface area contributed by atoms with Crippen LogP contribution >= 0.6 is 0 Å². The Bertz CT molecular complexity index is 1470. The van der Waals surface area contributed by atoms with Gasteiger partial charge in [0.2, 0.25) is 0 Å². The molecule has 0 amide bonds. The second-order valence-corrected chi connectivity index (χ2v) is 9.58. The van der Waals surface area contributed by atoms with Crippen LogP contribution in [0.15, 0.2) is 90.5 Å². The summed E-state index contributed by atoms with van der Waals surface area (Å²) in [7, 11) is 0. The minimum atomic E-state index is -0.815. The minimum absolute atomic E-state index is 0.491. The lowest BCUT2D eigenvalue weighted by molar-refractivity contribution is 0.509. The highest BCUT2D eigenvalue weighted by molar-refractivity contribution is 5.98. The van der Waals surface area contributed by atoms with Crippen LogP contribution in [0.2, 0.25) is 0 Å². The highest BCUT2D eigenvalue weighted by Gasteiger charge is 2.29. The van der Waals surface area contributed by atoms with Crippen molar-refractivity contribution in [1.29, 1.82) is 0 Å². The van der Waals surface area contributed by atoms with E-state index in [0.29, 0.717) is 11.5 Å². The van der Waals surface area contributed by atoms with Crippen LogP contribution in [0, 0.1) is 24.5 Å². The molecule has 4 aromatic carbocycles. The van der Waals surface area contributed by atoms with Gasteiger partial charge in [-0.3, -0.25) is 0 Å². The van der Waals surface area contributed by atoms with Crippen LogP contribution in [0.4, 0.5) is 8.78 Å². The van der Waals surface area contributed by atoms with Crippen molar-refractivity contribution in [1.82, 2.24) is 0 Å². The largest absolute Gasteiger partial charge is 0.204 e. The van der Waals surface area contributed by atoms with Crippen LogP contribution in [0.3, 0.4) is 0 Å². The monoisotopic (exact) mass is 448 g/mol. The topological polar surface area (TPSA) is 0 Å². The molecule has 6 rings (SSSR count). The van der Waals surface area contributed by atoms with Gasteiger partial charge in [-0.1, -0.05) is 72.3 Å². The van der Waals surface area contributed by atoms with Crippen LogP contribution < -0.4 is 0 Å². The summed E-state index contributed by atoms with van der Waals surface area (Å²) in [5.74, 6) is -1.14. The Morgan fingerprint density at radius 1 is 0.853 bits per heavy atom. The maximum Gasteiger partial charge on any atom is 0.159 e. The summed E-state index contributed by atoms with van der Waals surface area (Å²) in [6.45, 7) is 2.14. The van der Waals surface area contributed by atoms with Gasteiger partial charge >= 0.3 is 0 Å². The predicted octanol–water partition coefficient (Wildman–Crippen LogP) is 8.61. The molecular formula is C32H26F2. The molecule has 0 saturated heterocycles. The fourth-order valence-electron chi connectivity index (χ4n) is 5.91. The van der Waals surface area contributed by atoms with E-state index in [1.807, 2.05) is 0 Å². The Morgan fingerprint density at radius 2 is 1.71 bits per heavy atom. The zero-order chi connectivity index (χ0) is 23.2. The van der Waals surface area contributed by atoms with E-state index in [2.05, 4.69) is 73.7 Å². The molecule has 1 unspecified atom stereocenters. The third kappa shape index (κ3) is 3.58. The fraction of sp³-hybridized carbons (Fsp3) is 0.188. The molecule has 0 aromatic heterocycles. The lowest BCUT2D eigenvalue weighted by Gasteiger charge is -2.33. The molecule has 0 aliphatic heterocycles. The summed E-state index contributed by atoms with van der Waals surface area (Å²) >= 11 is 0. The minimum Gasteiger partial charge on any atom is -0.204 e. The van der Waals surface area contributed by atoms with E-state index < -0.39 is 11.6 Å². The Kier molecular flexibility index (Phi) is 5.17. The van der Waals surface area contributed by atoms with E-state index >= 15 is 0 Å². The number of aryl methyl sites for hydroxylation is 1. The van der Waals surface area contributed by atoms with Crippen LogP contribution in [-0.2, 0) is 12.8 Å². The van der Waals surface area contributed by atoms with E-state index in [1.165, 1.54) is 45.3 Å². The smallest absolute Gasteiger partial charge is 0.159 e. The zero-order valence-corrected chi connectivity index (χ0v) is 19.2. The van der Waals surface area contributed by atoms with Gasteiger partial charge in [0.25, 0.3) is 0 Å². The van der Waals surface area contributed by atoms with Gasteiger partial charge in [-0.2, -0.15) is 0 Å². The molecule has 4 aromatic rings. The van der Waals surface area contributed by atoms with Gasteiger partial charge in [-0.15, -0.1) is 0 Å². The normalized spacial score (nSPS) is 17.1. The average Bonchev–Trinajstić information content (AvgIpc) is 2.86. The summed E-state index contributed by atoms with van der Waals surface area (Å²) < 4.78 is 27.4. The van der Waals surface area contributed by atoms with Gasteiger partial charge < -0.3 is 0 Å². The summed E-state index contributed by atoms with van der Waals surface area (Å²) in [5, 5.41) is 2.45. The van der Waals surface area contributed by atoms with Crippen molar-refractivity contribution in [2.24, 2.45) is 5.92 Å². The highest BCUT2D eigenvalue weighted by Crippen LogP contribution is 2.45. The Morgan fingerprint density at radius 3 is 2.53 bits per heavy atom. The van der Waals surface area contributed by atoms with E-state index in [0.717, 1.165) is 36.6 Å². The lowest BCUT2D eigenvalue weighted by Crippen LogP contribution is -2.20. The maximum atomic E-state index is 13.9. The summed E-state index contributed by atoms with van der Waals surface area (Å²) in [4.78, 5) is 0. The Balaban J connectivity index is 1.49. The second-order valence-electron chi connectivity index (χ2n) is 9.58. The number of hydrogen-bond acceptors (Lipinski definition) is 0. The van der Waals surface area contributed by atoms with Crippen LogP contribution in [0.5, 0.6) is 0 Å². The Hall–Kier alpha value is -3.52. The molecule has 2 aliphatic rings. The lowest BCUT2D eigenvalue weighted by atomic mass is 9.71. The maximum absolute atomic E-state index is 13.9. The molecule has 1 atom stereocenters. The van der Waals surface area contributed by atoms with Crippen LogP contribution in [0.1, 0.15) is 35.1 Å². The molecular weight excluding hydrogens is 422 g/mol. The third-order valence-electron chi connectivity index (χ3n) is 7.44. The number of rotatable bonds is 3. The van der Waals surface area contributed by atoms with Gasteiger partial charge in [0.1, 0.15) is 0 Å². The van der Waals surface area contributed by atoms with Crippen molar-refractivity contribution in [3.05, 3.63) is 124 Å². The van der Waals surface area contributed by atoms with Crippen molar-refractivity contribution < 1.29 is 8.78 Å². The number of benzene rings is 4. The van der Waals surface area contributed by atoms with Crippen LogP contribution in [-0.4, -0.2) is 0 Å². The summed E-state index contributed by atoms with van der Waals surface area (Å²) in [6, 6.07) is 23.6. The van der Waals surface area contributed by atoms with Gasteiger partial charge in [0.05, 0.1) is 0 Å². The van der Waals surface area contributed by atoms with Crippen LogP contribution in [0.25, 0.3) is 27.5 Å². The molecule has 34 heavy (non-hydrogen) atoms. The standard InChI is InChI=1S/C32H26F2/c1-20-15-24(22-12-14-30(33)31(34)19-22)17-23-11-13-28-27-10-6-5-9-26(27)25(18-29(28)32(20)23)16-21-7-3-2-4-8-21/h2-4,6-8,10-15,17,19,25H,5,9,16,18H2,1H3. The molecule has 0 bridgehead atoms. The SMILES string of the molecule is Cc1cc(-c2ccc(F)c(F)c2)cc2ccc3c(c12)CC(Cc1ccccc1)C1=C3C=CCC1. The van der Waals surface area contributed by atoms with Crippen molar-refractivity contribution in [2.45, 2.75) is 32.6 Å². The van der Waals surface area contributed by atoms with Gasteiger partial charge in [-0.05, 0) is 106 Å². The molecule has 0 nitrogen and oxygen atoms in total. The van der Waals surface area contributed by atoms with Gasteiger partial charge in [0, 0.05) is 0 Å². The molecule has 0 N–H and O–H groups in total. The second kappa shape index (κ2) is 8.36. The van der Waals surface area contributed by atoms with E-state index in [-0.39, 0.29) is 0 Å². The first-order valence-electron chi connectivity index (χ1n) is 12.0. The van der Waals surface area contributed by atoms with E-state index in [9.17, 15) is 8.78 Å². The highest BCUT2D eigenvalue weighted by atomic mass is 19.2. The first-order chi connectivity index (χ1) is 16.6. The summed E-state index contributed by atoms with van der Waals surface area (Å²) in [5.41, 5.74) is 9.94. The molecule has 0 spiro atoms. The molecule has 168 valence electrons. The number of allylic oxidation sites excluding steroid dienone is 4. The van der Waals surface area contributed by atoms with Gasteiger partial charge in [-0.25, -0.2) is 8.78 Å². The first-order valence-corrected chi connectivity index (χ1v) is 12.0. The van der Waals surface area contributed by atoms with E-state index in [1.54, 1.807) is 11.6 Å². The van der Waals surface area contributed by atoms with Crippen molar-refractivity contribution in [3.63, 3.8) is 0 Å². The summed E-state index contributed by atoms with van der Waals surface area (Å²) in [6.07, 6.45) is 8.95. The van der Waals surface area contributed by atoms with Crippen molar-refractivity contribution in [3.8, 4) is 11.1 Å². The number of halogens is 2. The van der Waals surface area contributed by atoms with Crippen molar-refractivity contribution >= 4 is 16.3 Å². The molecule has 0 heterocycles. The number of fused-ring (bicyclic) bond motifs is 4. The first kappa shape index (κ1) is 21.0. The molecule has 0 saturated carbocycles. The fourth-order valence-corrected chi connectivity index (χ4v) is 5.91. The number of hydrogen-bond donors (Lipinski definition) is 0. The average molecular weight is 449 g/mol. The molecule has 2 aliphatic carbocycles. The predicted molar refractivity (Wildman–Crippen MR) is 137 cm³/mol. The Labute approximate surface area is 199 Å². The molecule has 0 fully saturated rings. The van der Waals surface area contributed by atoms with Crippen molar-refractivity contribution in [2.75, 3.05) is 0 Å². The van der Waals surface area contributed by atoms with E-state index in [4.69, 9.17) is 0 Å². The molecule has 0 radical (unpaired) electrons. The molecule has 2 heteroatoms. The third-order valence-corrected chi connectivity index (χ3v) is 7.44.